The molecule has 2 heterocycles. The maximum atomic E-state index is 13.7. The lowest BCUT2D eigenvalue weighted by Crippen LogP contribution is -2.40. The molecule has 1 fully saturated rings. The molecule has 0 unspecified atom stereocenters. The zero-order chi connectivity index (χ0) is 19.2. The van der Waals surface area contributed by atoms with Gasteiger partial charge in [-0.15, -0.1) is 0 Å². The van der Waals surface area contributed by atoms with E-state index in [9.17, 15) is 9.18 Å². The third kappa shape index (κ3) is 5.19. The van der Waals surface area contributed by atoms with Crippen LogP contribution < -0.4 is 0 Å². The summed E-state index contributed by atoms with van der Waals surface area (Å²) in [6.45, 7) is 5.79. The second kappa shape index (κ2) is 9.18. The molecule has 4 nitrogen and oxygen atoms in total. The van der Waals surface area contributed by atoms with Gasteiger partial charge in [-0.1, -0.05) is 25.1 Å². The number of amides is 1. The van der Waals surface area contributed by atoms with Crippen LogP contribution in [-0.4, -0.2) is 53.9 Å². The number of hydrogen-bond donors (Lipinski definition) is 1. The van der Waals surface area contributed by atoms with Crippen LogP contribution in [-0.2, 0) is 12.8 Å². The molecule has 0 aliphatic carbocycles. The summed E-state index contributed by atoms with van der Waals surface area (Å²) in [5.41, 5.74) is 2.56. The summed E-state index contributed by atoms with van der Waals surface area (Å²) in [5.74, 6) is 0.490. The number of nitrogens with zero attached hydrogens (tertiary/aromatic N) is 2. The van der Waals surface area contributed by atoms with Gasteiger partial charge in [-0.25, -0.2) is 4.39 Å². The summed E-state index contributed by atoms with van der Waals surface area (Å²) in [7, 11) is 1.89. The fourth-order valence-corrected chi connectivity index (χ4v) is 3.82. The van der Waals surface area contributed by atoms with Crippen molar-refractivity contribution < 1.29 is 9.18 Å². The van der Waals surface area contributed by atoms with Crippen LogP contribution in [0.5, 0.6) is 0 Å². The maximum Gasteiger partial charge on any atom is 0.270 e. The Morgan fingerprint density at radius 2 is 1.96 bits per heavy atom. The minimum Gasteiger partial charge on any atom is -0.354 e. The van der Waals surface area contributed by atoms with Crippen LogP contribution in [0.1, 0.15) is 41.5 Å². The lowest BCUT2D eigenvalue weighted by atomic mass is 9.96. The third-order valence-corrected chi connectivity index (χ3v) is 5.60. The van der Waals surface area contributed by atoms with E-state index < -0.39 is 0 Å². The van der Waals surface area contributed by atoms with E-state index in [0.717, 1.165) is 63.1 Å². The van der Waals surface area contributed by atoms with Gasteiger partial charge in [-0.2, -0.15) is 0 Å². The summed E-state index contributed by atoms with van der Waals surface area (Å²) < 4.78 is 13.7. The quantitative estimate of drug-likeness (QED) is 0.805. The average Bonchev–Trinajstić information content (AvgIpc) is 3.17. The number of aryl methyl sites for hydroxylation is 1. The van der Waals surface area contributed by atoms with Gasteiger partial charge in [0.25, 0.3) is 5.91 Å². The Morgan fingerprint density at radius 1 is 1.22 bits per heavy atom. The molecule has 1 N–H and O–H groups in total. The smallest absolute Gasteiger partial charge is 0.270 e. The zero-order valence-electron chi connectivity index (χ0n) is 16.4. The highest BCUT2D eigenvalue weighted by Crippen LogP contribution is 2.19. The van der Waals surface area contributed by atoms with Gasteiger partial charge >= 0.3 is 0 Å². The van der Waals surface area contributed by atoms with Crippen LogP contribution >= 0.6 is 0 Å². The average molecular weight is 372 g/mol. The molecular weight excluding hydrogens is 341 g/mol. The molecule has 2 aromatic rings. The number of benzene rings is 1. The summed E-state index contributed by atoms with van der Waals surface area (Å²) in [6.07, 6.45) is 3.82. The predicted molar refractivity (Wildman–Crippen MR) is 106 cm³/mol. The highest BCUT2D eigenvalue weighted by Gasteiger charge is 2.23. The third-order valence-electron chi connectivity index (χ3n) is 5.60. The molecule has 1 aromatic carbocycles. The van der Waals surface area contributed by atoms with Gasteiger partial charge in [0.1, 0.15) is 11.5 Å². The standard InChI is InChI=1S/C22H30FN3O/c1-3-19-8-9-21(24-19)22(27)25(2)16-17-10-13-26(14-11-17)15-12-18-6-4-5-7-20(18)23/h4-9,17,24H,3,10-16H2,1-2H3. The van der Waals surface area contributed by atoms with Gasteiger partial charge < -0.3 is 14.8 Å². The SMILES string of the molecule is CCc1ccc(C(=O)N(C)CC2CCN(CCc3ccccc3F)CC2)[nH]1. The largest absolute Gasteiger partial charge is 0.354 e. The van der Waals surface area contributed by atoms with E-state index in [4.69, 9.17) is 0 Å². The van der Waals surface area contributed by atoms with E-state index in [2.05, 4.69) is 16.8 Å². The Bertz CT molecular complexity index is 750. The minimum atomic E-state index is -0.108. The molecule has 0 bridgehead atoms. The molecule has 27 heavy (non-hydrogen) atoms. The van der Waals surface area contributed by atoms with Crippen LogP contribution in [0.3, 0.4) is 0 Å². The number of likely N-dealkylation sites (tertiary alicyclic amines) is 1. The Hall–Kier alpha value is -2.14. The summed E-state index contributed by atoms with van der Waals surface area (Å²) in [4.78, 5) is 20.0. The van der Waals surface area contributed by atoms with E-state index in [1.807, 2.05) is 36.2 Å². The van der Waals surface area contributed by atoms with E-state index in [1.165, 1.54) is 6.07 Å². The van der Waals surface area contributed by atoms with Crippen LogP contribution in [0.2, 0.25) is 0 Å². The molecular formula is C22H30FN3O. The number of aromatic amines is 1. The van der Waals surface area contributed by atoms with E-state index >= 15 is 0 Å². The zero-order valence-corrected chi connectivity index (χ0v) is 16.4. The van der Waals surface area contributed by atoms with Crippen molar-refractivity contribution >= 4 is 5.91 Å². The van der Waals surface area contributed by atoms with Crippen molar-refractivity contribution in [3.05, 3.63) is 59.2 Å². The first kappa shape index (κ1) is 19.6. The van der Waals surface area contributed by atoms with E-state index in [-0.39, 0.29) is 11.7 Å². The van der Waals surface area contributed by atoms with Gasteiger partial charge in [0, 0.05) is 25.8 Å². The van der Waals surface area contributed by atoms with Gasteiger partial charge in [-0.3, -0.25) is 4.79 Å². The topological polar surface area (TPSA) is 39.3 Å². The first-order valence-corrected chi connectivity index (χ1v) is 9.96. The molecule has 1 saturated heterocycles. The van der Waals surface area contributed by atoms with Crippen molar-refractivity contribution in [2.24, 2.45) is 5.92 Å². The number of hydrogen-bond acceptors (Lipinski definition) is 2. The second-order valence-corrected chi connectivity index (χ2v) is 7.56. The number of H-pyrrole nitrogens is 1. The van der Waals surface area contributed by atoms with Gasteiger partial charge in [-0.05, 0) is 68.5 Å². The Balaban J connectivity index is 1.42. The van der Waals surface area contributed by atoms with Crippen LogP contribution in [0.4, 0.5) is 4.39 Å². The molecule has 0 spiro atoms. The first-order valence-electron chi connectivity index (χ1n) is 9.96. The fourth-order valence-electron chi connectivity index (χ4n) is 3.82. The first-order chi connectivity index (χ1) is 13.1. The molecule has 1 amide bonds. The number of nitrogens with one attached hydrogen (secondary N) is 1. The summed E-state index contributed by atoms with van der Waals surface area (Å²) >= 11 is 0. The number of halogens is 1. The molecule has 1 aliphatic heterocycles. The number of piperidine rings is 1. The summed E-state index contributed by atoms with van der Waals surface area (Å²) in [6, 6.07) is 10.9. The van der Waals surface area contributed by atoms with E-state index in [0.29, 0.717) is 11.6 Å². The van der Waals surface area contributed by atoms with Crippen molar-refractivity contribution in [2.45, 2.75) is 32.6 Å². The Morgan fingerprint density at radius 3 is 2.63 bits per heavy atom. The molecule has 0 radical (unpaired) electrons. The Labute approximate surface area is 161 Å². The van der Waals surface area contributed by atoms with Crippen molar-refractivity contribution in [1.29, 1.82) is 0 Å². The normalized spacial score (nSPS) is 15.8. The fraction of sp³-hybridized carbons (Fsp3) is 0.500. The highest BCUT2D eigenvalue weighted by molar-refractivity contribution is 5.92. The predicted octanol–water partition coefficient (Wildman–Crippen LogP) is 3.74. The molecule has 0 saturated carbocycles. The van der Waals surface area contributed by atoms with Gasteiger partial charge in [0.05, 0.1) is 0 Å². The van der Waals surface area contributed by atoms with Crippen LogP contribution in [0, 0.1) is 11.7 Å². The monoisotopic (exact) mass is 371 g/mol. The number of carbonyl (C=O) groups excluding carboxylic acids is 1. The van der Waals surface area contributed by atoms with E-state index in [1.54, 1.807) is 6.07 Å². The highest BCUT2D eigenvalue weighted by atomic mass is 19.1. The molecule has 146 valence electrons. The molecule has 0 atom stereocenters. The maximum absolute atomic E-state index is 13.7. The minimum absolute atomic E-state index is 0.0664. The van der Waals surface area contributed by atoms with Gasteiger partial charge in [0.15, 0.2) is 0 Å². The van der Waals surface area contributed by atoms with Crippen LogP contribution in [0.25, 0.3) is 0 Å². The summed E-state index contributed by atoms with van der Waals surface area (Å²) in [5, 5.41) is 0. The molecule has 1 aromatic heterocycles. The van der Waals surface area contributed by atoms with Crippen molar-refractivity contribution in [2.75, 3.05) is 33.2 Å². The van der Waals surface area contributed by atoms with Crippen molar-refractivity contribution in [1.82, 2.24) is 14.8 Å². The molecule has 1 aliphatic rings. The lowest BCUT2D eigenvalue weighted by Gasteiger charge is -2.33. The number of rotatable bonds is 7. The lowest BCUT2D eigenvalue weighted by molar-refractivity contribution is 0.0735. The number of aromatic nitrogens is 1. The number of carbonyl (C=O) groups is 1. The van der Waals surface area contributed by atoms with Crippen LogP contribution in [0.15, 0.2) is 36.4 Å². The second-order valence-electron chi connectivity index (χ2n) is 7.56. The Kier molecular flexibility index (Phi) is 6.67. The molecule has 5 heteroatoms. The molecule has 3 rings (SSSR count). The van der Waals surface area contributed by atoms with Gasteiger partial charge in [0.2, 0.25) is 0 Å². The van der Waals surface area contributed by atoms with Crippen molar-refractivity contribution in [3.63, 3.8) is 0 Å². The van der Waals surface area contributed by atoms with Crippen molar-refractivity contribution in [3.8, 4) is 0 Å².